The quantitative estimate of drug-likeness (QED) is 0.0368. The lowest BCUT2D eigenvalue weighted by molar-refractivity contribution is -0.132. The summed E-state index contributed by atoms with van der Waals surface area (Å²) < 4.78 is 42.5. The molecule has 0 aliphatic carbocycles. The first-order chi connectivity index (χ1) is 23.2. The van der Waals surface area contributed by atoms with Gasteiger partial charge >= 0.3 is 0 Å². The monoisotopic (exact) mass is 671 g/mol. The Balaban J connectivity index is 5.12. The molecule has 0 rings (SSSR count). The van der Waals surface area contributed by atoms with Crippen LogP contribution in [0.1, 0.15) is 183 Å². The second-order valence-electron chi connectivity index (χ2n) is 12.7. The maximum absolute atomic E-state index is 6.25. The van der Waals surface area contributed by atoms with E-state index in [2.05, 4.69) is 41.5 Å². The molecule has 0 unspecified atom stereocenters. The third-order valence-electron chi connectivity index (χ3n) is 8.03. The van der Waals surface area contributed by atoms with Crippen LogP contribution in [-0.4, -0.2) is 53.2 Å². The summed E-state index contributed by atoms with van der Waals surface area (Å²) in [5.41, 5.74) is 0. The molecule has 0 aromatic carbocycles. The lowest BCUT2D eigenvalue weighted by Gasteiger charge is -2.19. The highest BCUT2D eigenvalue weighted by molar-refractivity contribution is 5.03. The SMILES string of the molecule is CCCCCCCCC(OCCCC)=C(COCOCOCC(OCCCC)=C(CCCCCCCC)OCCCC)OCCCC. The van der Waals surface area contributed by atoms with Crippen molar-refractivity contribution in [1.29, 1.82) is 0 Å². The van der Waals surface area contributed by atoms with Crippen LogP contribution in [0.3, 0.4) is 0 Å². The number of hydrogen-bond donors (Lipinski definition) is 0. The Morgan fingerprint density at radius 3 is 0.936 bits per heavy atom. The van der Waals surface area contributed by atoms with Crippen molar-refractivity contribution in [2.45, 2.75) is 183 Å². The van der Waals surface area contributed by atoms with Gasteiger partial charge in [-0.3, -0.25) is 0 Å². The molecule has 0 radical (unpaired) electrons. The van der Waals surface area contributed by atoms with Crippen molar-refractivity contribution in [1.82, 2.24) is 0 Å². The zero-order chi connectivity index (χ0) is 34.5. The van der Waals surface area contributed by atoms with Crippen molar-refractivity contribution in [2.24, 2.45) is 0 Å². The molecule has 0 atom stereocenters. The zero-order valence-corrected chi connectivity index (χ0v) is 32.1. The first-order valence-corrected chi connectivity index (χ1v) is 19.9. The Labute approximate surface area is 291 Å². The lowest BCUT2D eigenvalue weighted by Crippen LogP contribution is -2.14. The maximum Gasteiger partial charge on any atom is 0.159 e. The van der Waals surface area contributed by atoms with Crippen LogP contribution in [0.15, 0.2) is 23.0 Å². The lowest BCUT2D eigenvalue weighted by atomic mass is 10.1. The van der Waals surface area contributed by atoms with Crippen molar-refractivity contribution >= 4 is 0 Å². The van der Waals surface area contributed by atoms with Crippen molar-refractivity contribution in [3.8, 4) is 0 Å². The summed E-state index contributed by atoms with van der Waals surface area (Å²) in [6.07, 6.45) is 25.2. The minimum Gasteiger partial charge on any atom is -0.494 e. The van der Waals surface area contributed by atoms with Crippen molar-refractivity contribution in [3.63, 3.8) is 0 Å². The van der Waals surface area contributed by atoms with Gasteiger partial charge in [-0.05, 0) is 38.5 Å². The molecule has 0 saturated carbocycles. The number of allylic oxidation sites excluding steroid dienone is 2. The Bertz CT molecular complexity index is 649. The van der Waals surface area contributed by atoms with E-state index in [-0.39, 0.29) is 13.6 Å². The van der Waals surface area contributed by atoms with E-state index in [1.807, 2.05) is 0 Å². The topological polar surface area (TPSA) is 64.6 Å². The average Bonchev–Trinajstić information content (AvgIpc) is 3.08. The molecule has 0 amide bonds. The second-order valence-corrected chi connectivity index (χ2v) is 12.7. The molecule has 7 nitrogen and oxygen atoms in total. The normalized spacial score (nSPS) is 12.6. The first kappa shape index (κ1) is 45.6. The van der Waals surface area contributed by atoms with Crippen LogP contribution < -0.4 is 0 Å². The second kappa shape index (κ2) is 37.4. The maximum atomic E-state index is 6.25. The van der Waals surface area contributed by atoms with Crippen LogP contribution in [0, 0.1) is 0 Å². The highest BCUT2D eigenvalue weighted by Gasteiger charge is 2.14. The van der Waals surface area contributed by atoms with Crippen molar-refractivity contribution in [2.75, 3.05) is 53.2 Å². The zero-order valence-electron chi connectivity index (χ0n) is 32.1. The van der Waals surface area contributed by atoms with Crippen LogP contribution in [0.4, 0.5) is 0 Å². The average molecular weight is 671 g/mol. The summed E-state index contributed by atoms with van der Waals surface area (Å²) in [6.45, 7) is 16.9. The third kappa shape index (κ3) is 29.2. The number of ether oxygens (including phenoxy) is 7. The number of hydrogen-bond acceptors (Lipinski definition) is 7. The molecule has 0 spiro atoms. The first-order valence-electron chi connectivity index (χ1n) is 19.9. The minimum atomic E-state index is 0.118. The van der Waals surface area contributed by atoms with Gasteiger partial charge in [0.25, 0.3) is 0 Å². The molecular formula is C40H78O7. The molecule has 7 heteroatoms. The van der Waals surface area contributed by atoms with Gasteiger partial charge in [-0.25, -0.2) is 0 Å². The molecule has 0 heterocycles. The van der Waals surface area contributed by atoms with E-state index in [0.29, 0.717) is 39.6 Å². The van der Waals surface area contributed by atoms with Crippen LogP contribution in [-0.2, 0) is 33.2 Å². The summed E-state index contributed by atoms with van der Waals surface area (Å²) in [5.74, 6) is 3.51. The standard InChI is InChI=1S/C40H78O7/c1-7-13-19-21-23-25-27-37(44-29-15-9-3)39(46-31-17-11-5)33-41-35-43-36-42-34-40(47-32-18-12-6)38(45-30-16-10-4)28-26-24-22-20-14-8-2/h7-36H2,1-6H3. The molecule has 0 aromatic heterocycles. The van der Waals surface area contributed by atoms with Crippen molar-refractivity contribution in [3.05, 3.63) is 23.0 Å². The summed E-state index contributed by atoms with van der Waals surface area (Å²) in [5, 5.41) is 0. The van der Waals surface area contributed by atoms with Gasteiger partial charge in [-0.15, -0.1) is 0 Å². The Morgan fingerprint density at radius 2 is 0.596 bits per heavy atom. The summed E-state index contributed by atoms with van der Waals surface area (Å²) in [4.78, 5) is 0. The number of rotatable bonds is 38. The van der Waals surface area contributed by atoms with E-state index < -0.39 is 0 Å². The van der Waals surface area contributed by atoms with Gasteiger partial charge in [0, 0.05) is 12.8 Å². The predicted molar refractivity (Wildman–Crippen MR) is 196 cm³/mol. The Morgan fingerprint density at radius 1 is 0.298 bits per heavy atom. The van der Waals surface area contributed by atoms with Crippen LogP contribution in [0.5, 0.6) is 0 Å². The molecule has 0 fully saturated rings. The smallest absolute Gasteiger partial charge is 0.159 e. The minimum absolute atomic E-state index is 0.118. The molecule has 0 bridgehead atoms. The van der Waals surface area contributed by atoms with Gasteiger partial charge < -0.3 is 33.2 Å². The molecule has 0 saturated heterocycles. The van der Waals surface area contributed by atoms with Gasteiger partial charge in [0.1, 0.15) is 38.3 Å². The van der Waals surface area contributed by atoms with E-state index in [1.54, 1.807) is 0 Å². The summed E-state index contributed by atoms with van der Waals surface area (Å²) in [7, 11) is 0. The fraction of sp³-hybridized carbons (Fsp3) is 0.900. The molecule has 47 heavy (non-hydrogen) atoms. The molecule has 0 aliphatic heterocycles. The van der Waals surface area contributed by atoms with E-state index in [0.717, 1.165) is 100 Å². The molecular weight excluding hydrogens is 592 g/mol. The van der Waals surface area contributed by atoms with Gasteiger partial charge in [0.05, 0.1) is 26.4 Å². The van der Waals surface area contributed by atoms with E-state index in [9.17, 15) is 0 Å². The predicted octanol–water partition coefficient (Wildman–Crippen LogP) is 12.1. The van der Waals surface area contributed by atoms with Gasteiger partial charge in [0.15, 0.2) is 11.5 Å². The number of unbranched alkanes of at least 4 members (excludes halogenated alkanes) is 14. The fourth-order valence-corrected chi connectivity index (χ4v) is 4.90. The highest BCUT2D eigenvalue weighted by atomic mass is 16.7. The third-order valence-corrected chi connectivity index (χ3v) is 8.03. The summed E-state index contributed by atoms with van der Waals surface area (Å²) >= 11 is 0. The van der Waals surface area contributed by atoms with Crippen LogP contribution in [0.25, 0.3) is 0 Å². The van der Waals surface area contributed by atoms with Gasteiger partial charge in [-0.1, -0.05) is 131 Å². The highest BCUT2D eigenvalue weighted by Crippen LogP contribution is 2.21. The Kier molecular flexibility index (Phi) is 36.2. The molecule has 0 aromatic rings. The molecule has 0 aliphatic rings. The van der Waals surface area contributed by atoms with E-state index in [4.69, 9.17) is 33.2 Å². The van der Waals surface area contributed by atoms with E-state index >= 15 is 0 Å². The van der Waals surface area contributed by atoms with Gasteiger partial charge in [0.2, 0.25) is 0 Å². The van der Waals surface area contributed by atoms with Crippen LogP contribution in [0.2, 0.25) is 0 Å². The molecule has 0 N–H and O–H groups in total. The van der Waals surface area contributed by atoms with Gasteiger partial charge in [-0.2, -0.15) is 0 Å². The fourth-order valence-electron chi connectivity index (χ4n) is 4.90. The molecule has 280 valence electrons. The summed E-state index contributed by atoms with van der Waals surface area (Å²) in [6, 6.07) is 0. The Hall–Kier alpha value is -1.44. The van der Waals surface area contributed by atoms with Crippen LogP contribution >= 0.6 is 0 Å². The largest absolute Gasteiger partial charge is 0.494 e. The van der Waals surface area contributed by atoms with Crippen molar-refractivity contribution < 1.29 is 33.2 Å². The van der Waals surface area contributed by atoms with E-state index in [1.165, 1.54) is 64.2 Å².